The fourth-order valence-corrected chi connectivity index (χ4v) is 3.66. The summed E-state index contributed by atoms with van der Waals surface area (Å²) < 4.78 is 0. The van der Waals surface area contributed by atoms with Gasteiger partial charge in [0.2, 0.25) is 0 Å². The Morgan fingerprint density at radius 2 is 1.50 bits per heavy atom. The molecule has 0 spiro atoms. The number of carboxylic acid groups (broad SMARTS) is 1. The maximum Gasteiger partial charge on any atom is 0.334 e. The van der Waals surface area contributed by atoms with Gasteiger partial charge in [-0.05, 0) is 46.4 Å². The average Bonchev–Trinajstić information content (AvgIpc) is 2.77. The van der Waals surface area contributed by atoms with Crippen molar-refractivity contribution >= 4 is 22.8 Å². The van der Waals surface area contributed by atoms with Gasteiger partial charge in [0.05, 0.1) is 12.6 Å². The molecule has 6 heteroatoms. The maximum absolute atomic E-state index is 12.7. The Morgan fingerprint density at radius 1 is 0.875 bits per heavy atom. The number of aliphatic carboxylic acids is 1. The van der Waals surface area contributed by atoms with Crippen molar-refractivity contribution in [1.29, 1.82) is 0 Å². The molecule has 0 saturated carbocycles. The molecule has 2 amide bonds. The number of carbonyl (C=O) groups is 2. The largest absolute Gasteiger partial charge is 0.479 e. The number of aliphatic hydroxyl groups excluding tert-OH is 1. The number of fused-ring (bicyclic) bond motifs is 1. The van der Waals surface area contributed by atoms with E-state index in [0.29, 0.717) is 6.54 Å². The van der Waals surface area contributed by atoms with Crippen molar-refractivity contribution in [2.75, 3.05) is 13.1 Å². The zero-order valence-electron chi connectivity index (χ0n) is 18.7. The van der Waals surface area contributed by atoms with Crippen molar-refractivity contribution in [3.63, 3.8) is 0 Å². The molecule has 0 heterocycles. The first-order valence-corrected chi connectivity index (χ1v) is 10.8. The summed E-state index contributed by atoms with van der Waals surface area (Å²) in [6, 6.07) is 21.9. The zero-order valence-corrected chi connectivity index (χ0v) is 18.7. The van der Waals surface area contributed by atoms with Gasteiger partial charge in [-0.1, -0.05) is 74.5 Å². The van der Waals surface area contributed by atoms with Crippen molar-refractivity contribution in [3.05, 3.63) is 72.3 Å². The van der Waals surface area contributed by atoms with E-state index in [1.165, 1.54) is 15.7 Å². The van der Waals surface area contributed by atoms with Crippen molar-refractivity contribution < 1.29 is 19.8 Å². The van der Waals surface area contributed by atoms with Gasteiger partial charge in [-0.25, -0.2) is 9.59 Å². The SMILES string of the molecule is CC(C)CN(CC(O)C(=O)O)C(=O)N[C@@H](C)c1ccc(-c2ccc3ccccc3c2)cc1. The second-order valence-electron chi connectivity index (χ2n) is 8.51. The highest BCUT2D eigenvalue weighted by Gasteiger charge is 2.24. The van der Waals surface area contributed by atoms with E-state index in [1.54, 1.807) is 0 Å². The van der Waals surface area contributed by atoms with E-state index in [1.807, 2.05) is 57.2 Å². The van der Waals surface area contributed by atoms with Crippen LogP contribution >= 0.6 is 0 Å². The van der Waals surface area contributed by atoms with Crippen LogP contribution in [0.1, 0.15) is 32.4 Å². The summed E-state index contributed by atoms with van der Waals surface area (Å²) in [6.07, 6.45) is -1.61. The molecule has 0 radical (unpaired) electrons. The van der Waals surface area contributed by atoms with Gasteiger partial charge in [0.15, 0.2) is 6.10 Å². The van der Waals surface area contributed by atoms with Gasteiger partial charge < -0.3 is 20.4 Å². The lowest BCUT2D eigenvalue weighted by Gasteiger charge is -2.28. The number of rotatable bonds is 8. The summed E-state index contributed by atoms with van der Waals surface area (Å²) in [5, 5.41) is 24.0. The third-order valence-corrected chi connectivity index (χ3v) is 5.38. The highest BCUT2D eigenvalue weighted by atomic mass is 16.4. The second-order valence-corrected chi connectivity index (χ2v) is 8.51. The number of benzene rings is 3. The quantitative estimate of drug-likeness (QED) is 0.480. The number of hydrogen-bond donors (Lipinski definition) is 3. The van der Waals surface area contributed by atoms with E-state index >= 15 is 0 Å². The van der Waals surface area contributed by atoms with E-state index in [-0.39, 0.29) is 18.5 Å². The van der Waals surface area contributed by atoms with E-state index < -0.39 is 18.1 Å². The highest BCUT2D eigenvalue weighted by molar-refractivity contribution is 5.87. The molecule has 6 nitrogen and oxygen atoms in total. The fraction of sp³-hybridized carbons (Fsp3) is 0.308. The minimum absolute atomic E-state index is 0.137. The van der Waals surface area contributed by atoms with Crippen molar-refractivity contribution in [2.45, 2.75) is 32.9 Å². The summed E-state index contributed by atoms with van der Waals surface area (Å²) in [5.74, 6) is -1.21. The number of carbonyl (C=O) groups excluding carboxylic acids is 1. The van der Waals surface area contributed by atoms with Crippen LogP contribution in [0.2, 0.25) is 0 Å². The summed E-state index contributed by atoms with van der Waals surface area (Å²) in [7, 11) is 0. The molecule has 0 aromatic heterocycles. The minimum atomic E-state index is -1.61. The van der Waals surface area contributed by atoms with Crippen LogP contribution in [0.5, 0.6) is 0 Å². The van der Waals surface area contributed by atoms with E-state index in [2.05, 4.69) is 35.6 Å². The number of aliphatic hydroxyl groups is 1. The molecule has 32 heavy (non-hydrogen) atoms. The highest BCUT2D eigenvalue weighted by Crippen LogP contribution is 2.26. The number of nitrogens with one attached hydrogen (secondary N) is 1. The van der Waals surface area contributed by atoms with Gasteiger partial charge in [0.25, 0.3) is 0 Å². The molecule has 3 rings (SSSR count). The molecule has 0 bridgehead atoms. The van der Waals surface area contributed by atoms with Gasteiger partial charge in [-0.2, -0.15) is 0 Å². The Bertz CT molecular complexity index is 1080. The third-order valence-electron chi connectivity index (χ3n) is 5.38. The van der Waals surface area contributed by atoms with Crippen LogP contribution in [0, 0.1) is 5.92 Å². The van der Waals surface area contributed by atoms with Gasteiger partial charge in [-0.15, -0.1) is 0 Å². The molecule has 0 fully saturated rings. The minimum Gasteiger partial charge on any atom is -0.479 e. The number of carboxylic acids is 1. The first-order valence-electron chi connectivity index (χ1n) is 10.8. The summed E-state index contributed by atoms with van der Waals surface area (Å²) in [4.78, 5) is 25.1. The summed E-state index contributed by atoms with van der Waals surface area (Å²) in [6.45, 7) is 5.84. The Labute approximate surface area is 188 Å². The van der Waals surface area contributed by atoms with Gasteiger partial charge in [0.1, 0.15) is 0 Å². The lowest BCUT2D eigenvalue weighted by atomic mass is 9.99. The van der Waals surface area contributed by atoms with E-state index in [4.69, 9.17) is 5.11 Å². The van der Waals surface area contributed by atoms with E-state index in [9.17, 15) is 14.7 Å². The van der Waals surface area contributed by atoms with Crippen LogP contribution in [0.25, 0.3) is 21.9 Å². The summed E-state index contributed by atoms with van der Waals surface area (Å²) >= 11 is 0. The molecule has 3 aromatic carbocycles. The Balaban J connectivity index is 1.70. The standard InChI is InChI=1S/C26H30N2O4/c1-17(2)15-28(16-24(29)25(30)31)26(32)27-18(3)19-8-10-21(11-9-19)23-13-12-20-6-4-5-7-22(20)14-23/h4-14,17-18,24,29H,15-16H2,1-3H3,(H,27,32)(H,30,31)/t18-,24?/m0/s1. The Morgan fingerprint density at radius 3 is 2.12 bits per heavy atom. The van der Waals surface area contributed by atoms with Crippen molar-refractivity contribution in [1.82, 2.24) is 10.2 Å². The average molecular weight is 435 g/mol. The van der Waals surface area contributed by atoms with Crippen LogP contribution < -0.4 is 5.32 Å². The fourth-order valence-electron chi connectivity index (χ4n) is 3.66. The zero-order chi connectivity index (χ0) is 23.3. The predicted octanol–water partition coefficient (Wildman–Crippen LogP) is 4.68. The molecule has 0 saturated heterocycles. The Kier molecular flexibility index (Phi) is 7.49. The molecular formula is C26H30N2O4. The topological polar surface area (TPSA) is 89.9 Å². The summed E-state index contributed by atoms with van der Waals surface area (Å²) in [5.41, 5.74) is 3.15. The third kappa shape index (κ3) is 5.86. The van der Waals surface area contributed by atoms with Crippen LogP contribution in [-0.2, 0) is 4.79 Å². The molecule has 0 aliphatic heterocycles. The molecule has 3 aromatic rings. The first-order chi connectivity index (χ1) is 15.2. The molecule has 2 atom stereocenters. The number of hydrogen-bond acceptors (Lipinski definition) is 3. The number of urea groups is 1. The van der Waals surface area contributed by atoms with Gasteiger partial charge in [-0.3, -0.25) is 0 Å². The van der Waals surface area contributed by atoms with E-state index in [0.717, 1.165) is 16.7 Å². The lowest BCUT2D eigenvalue weighted by molar-refractivity contribution is -0.147. The van der Waals surface area contributed by atoms with Gasteiger partial charge in [0, 0.05) is 6.54 Å². The molecule has 1 unspecified atom stereocenters. The molecule has 0 aliphatic rings. The number of nitrogens with zero attached hydrogens (tertiary/aromatic N) is 1. The lowest BCUT2D eigenvalue weighted by Crippen LogP contribution is -2.47. The van der Waals surface area contributed by atoms with Gasteiger partial charge >= 0.3 is 12.0 Å². The Hall–Kier alpha value is -3.38. The van der Waals surface area contributed by atoms with Crippen molar-refractivity contribution in [2.24, 2.45) is 5.92 Å². The normalized spacial score (nSPS) is 13.0. The smallest absolute Gasteiger partial charge is 0.334 e. The number of amides is 2. The monoisotopic (exact) mass is 434 g/mol. The van der Waals surface area contributed by atoms with Crippen LogP contribution in [0.3, 0.4) is 0 Å². The molecule has 0 aliphatic carbocycles. The molecule has 168 valence electrons. The second kappa shape index (κ2) is 10.3. The first kappa shape index (κ1) is 23.3. The molecular weight excluding hydrogens is 404 g/mol. The molecule has 3 N–H and O–H groups in total. The van der Waals surface area contributed by atoms with Crippen LogP contribution in [0.4, 0.5) is 4.79 Å². The maximum atomic E-state index is 12.7. The predicted molar refractivity (Wildman–Crippen MR) is 126 cm³/mol. The van der Waals surface area contributed by atoms with Crippen LogP contribution in [0.15, 0.2) is 66.7 Å². The van der Waals surface area contributed by atoms with Crippen molar-refractivity contribution in [3.8, 4) is 11.1 Å². The van der Waals surface area contributed by atoms with Crippen LogP contribution in [-0.4, -0.2) is 46.3 Å².